The van der Waals surface area contributed by atoms with Gasteiger partial charge in [0.05, 0.1) is 6.10 Å². The van der Waals surface area contributed by atoms with Crippen molar-refractivity contribution in [3.8, 4) is 18.1 Å². The molecule has 74 valence electrons. The lowest BCUT2D eigenvalue weighted by Gasteiger charge is -2.13. The van der Waals surface area contributed by atoms with E-state index in [2.05, 4.69) is 5.92 Å². The molecular formula is C12H14O2. The van der Waals surface area contributed by atoms with Crippen molar-refractivity contribution in [3.63, 3.8) is 0 Å². The van der Waals surface area contributed by atoms with Crippen LogP contribution in [-0.2, 0) is 0 Å². The first kappa shape index (κ1) is 10.6. The van der Waals surface area contributed by atoms with E-state index in [1.54, 1.807) is 0 Å². The minimum Gasteiger partial charge on any atom is -0.481 e. The van der Waals surface area contributed by atoms with Gasteiger partial charge >= 0.3 is 0 Å². The van der Waals surface area contributed by atoms with Gasteiger partial charge in [-0.3, -0.25) is 0 Å². The van der Waals surface area contributed by atoms with Crippen molar-refractivity contribution < 1.29 is 9.84 Å². The van der Waals surface area contributed by atoms with Gasteiger partial charge in [-0.2, -0.15) is 0 Å². The molecular weight excluding hydrogens is 176 g/mol. The molecule has 0 heterocycles. The quantitative estimate of drug-likeness (QED) is 0.737. The highest BCUT2D eigenvalue weighted by atomic mass is 16.5. The van der Waals surface area contributed by atoms with Gasteiger partial charge in [-0.15, -0.1) is 6.42 Å². The minimum atomic E-state index is -0.482. The van der Waals surface area contributed by atoms with Gasteiger partial charge < -0.3 is 9.84 Å². The summed E-state index contributed by atoms with van der Waals surface area (Å²) in [6.45, 7) is 2.15. The fourth-order valence-electron chi connectivity index (χ4n) is 1.23. The minimum absolute atomic E-state index is 0.230. The molecule has 0 saturated heterocycles. The van der Waals surface area contributed by atoms with Gasteiger partial charge in [0.1, 0.15) is 12.4 Å². The highest BCUT2D eigenvalue weighted by molar-refractivity contribution is 5.35. The highest BCUT2D eigenvalue weighted by Crippen LogP contribution is 2.26. The first-order valence-corrected chi connectivity index (χ1v) is 4.62. The Labute approximate surface area is 84.5 Å². The van der Waals surface area contributed by atoms with E-state index in [4.69, 9.17) is 11.2 Å². The summed E-state index contributed by atoms with van der Waals surface area (Å²) < 4.78 is 5.31. The average molecular weight is 190 g/mol. The Morgan fingerprint density at radius 3 is 2.86 bits per heavy atom. The average Bonchev–Trinajstić information content (AvgIpc) is 2.25. The summed E-state index contributed by atoms with van der Waals surface area (Å²) in [5.41, 5.74) is 0.797. The molecule has 1 aromatic carbocycles. The number of hydrogen-bond donors (Lipinski definition) is 1. The third-order valence-electron chi connectivity index (χ3n) is 1.98. The first-order chi connectivity index (χ1) is 6.79. The van der Waals surface area contributed by atoms with E-state index in [-0.39, 0.29) is 6.61 Å². The van der Waals surface area contributed by atoms with E-state index in [1.807, 2.05) is 31.2 Å². The van der Waals surface area contributed by atoms with Crippen LogP contribution in [-0.4, -0.2) is 11.7 Å². The SMILES string of the molecule is C#CCOc1ccccc1C(O)CC. The van der Waals surface area contributed by atoms with Crippen LogP contribution in [0, 0.1) is 12.3 Å². The van der Waals surface area contributed by atoms with Crippen LogP contribution in [0.25, 0.3) is 0 Å². The first-order valence-electron chi connectivity index (χ1n) is 4.62. The molecule has 1 atom stereocenters. The zero-order valence-electron chi connectivity index (χ0n) is 8.23. The second-order valence-electron chi connectivity index (χ2n) is 2.95. The Balaban J connectivity index is 2.86. The molecule has 0 aromatic heterocycles. The van der Waals surface area contributed by atoms with Gasteiger partial charge in [-0.1, -0.05) is 31.0 Å². The zero-order valence-corrected chi connectivity index (χ0v) is 8.23. The Kier molecular flexibility index (Phi) is 4.03. The van der Waals surface area contributed by atoms with Gasteiger partial charge in [0.2, 0.25) is 0 Å². The third kappa shape index (κ3) is 2.51. The van der Waals surface area contributed by atoms with Crippen molar-refractivity contribution in [1.82, 2.24) is 0 Å². The molecule has 0 saturated carbocycles. The summed E-state index contributed by atoms with van der Waals surface area (Å²) in [6.07, 6.45) is 5.28. The third-order valence-corrected chi connectivity index (χ3v) is 1.98. The topological polar surface area (TPSA) is 29.5 Å². The molecule has 1 aromatic rings. The Bertz CT molecular complexity index is 325. The largest absolute Gasteiger partial charge is 0.481 e. The predicted octanol–water partition coefficient (Wildman–Crippen LogP) is 2.14. The van der Waals surface area contributed by atoms with Crippen molar-refractivity contribution in [2.75, 3.05) is 6.61 Å². The van der Waals surface area contributed by atoms with E-state index in [0.29, 0.717) is 12.2 Å². The van der Waals surface area contributed by atoms with Gasteiger partial charge in [0.25, 0.3) is 0 Å². The molecule has 14 heavy (non-hydrogen) atoms. The number of para-hydroxylation sites is 1. The van der Waals surface area contributed by atoms with Crippen molar-refractivity contribution in [2.45, 2.75) is 19.4 Å². The van der Waals surface area contributed by atoms with Gasteiger partial charge in [-0.25, -0.2) is 0 Å². The van der Waals surface area contributed by atoms with Gasteiger partial charge in [0.15, 0.2) is 0 Å². The monoisotopic (exact) mass is 190 g/mol. The van der Waals surface area contributed by atoms with Crippen LogP contribution in [0.2, 0.25) is 0 Å². The van der Waals surface area contributed by atoms with E-state index >= 15 is 0 Å². The van der Waals surface area contributed by atoms with E-state index < -0.39 is 6.10 Å². The molecule has 0 fully saturated rings. The number of aliphatic hydroxyl groups excluding tert-OH is 1. The maximum absolute atomic E-state index is 9.68. The van der Waals surface area contributed by atoms with Crippen molar-refractivity contribution in [1.29, 1.82) is 0 Å². The molecule has 0 aliphatic rings. The molecule has 1 unspecified atom stereocenters. The lowest BCUT2D eigenvalue weighted by Crippen LogP contribution is -2.01. The van der Waals surface area contributed by atoms with Crippen LogP contribution < -0.4 is 4.74 Å². The fraction of sp³-hybridized carbons (Fsp3) is 0.333. The molecule has 0 radical (unpaired) electrons. The van der Waals surface area contributed by atoms with Crippen molar-refractivity contribution in [2.24, 2.45) is 0 Å². The van der Waals surface area contributed by atoms with Crippen LogP contribution >= 0.6 is 0 Å². The molecule has 2 heteroatoms. The highest BCUT2D eigenvalue weighted by Gasteiger charge is 2.10. The van der Waals surface area contributed by atoms with Crippen LogP contribution in [0.5, 0.6) is 5.75 Å². The number of aliphatic hydroxyl groups is 1. The Morgan fingerprint density at radius 2 is 2.21 bits per heavy atom. The van der Waals surface area contributed by atoms with E-state index in [0.717, 1.165) is 5.56 Å². The normalized spacial score (nSPS) is 11.8. The predicted molar refractivity (Wildman–Crippen MR) is 56.0 cm³/mol. The molecule has 1 rings (SSSR count). The maximum atomic E-state index is 9.68. The zero-order chi connectivity index (χ0) is 10.4. The molecule has 2 nitrogen and oxygen atoms in total. The number of hydrogen-bond acceptors (Lipinski definition) is 2. The number of terminal acetylenes is 1. The lowest BCUT2D eigenvalue weighted by molar-refractivity contribution is 0.168. The van der Waals surface area contributed by atoms with Crippen molar-refractivity contribution in [3.05, 3.63) is 29.8 Å². The number of rotatable bonds is 4. The molecule has 1 N–H and O–H groups in total. The van der Waals surface area contributed by atoms with Crippen LogP contribution in [0.1, 0.15) is 25.0 Å². The standard InChI is InChI=1S/C12H14O2/c1-3-9-14-12-8-6-5-7-10(12)11(13)4-2/h1,5-8,11,13H,4,9H2,2H3. The van der Waals surface area contributed by atoms with Crippen LogP contribution in [0.4, 0.5) is 0 Å². The molecule has 0 aliphatic heterocycles. The van der Waals surface area contributed by atoms with E-state index in [1.165, 1.54) is 0 Å². The summed E-state index contributed by atoms with van der Waals surface area (Å²) in [5.74, 6) is 3.06. The van der Waals surface area contributed by atoms with Crippen molar-refractivity contribution >= 4 is 0 Å². The van der Waals surface area contributed by atoms with Gasteiger partial charge in [0, 0.05) is 5.56 Å². The second-order valence-corrected chi connectivity index (χ2v) is 2.95. The fourth-order valence-corrected chi connectivity index (χ4v) is 1.23. The number of ether oxygens (including phenoxy) is 1. The maximum Gasteiger partial charge on any atom is 0.148 e. The number of benzene rings is 1. The second kappa shape index (κ2) is 5.31. The Morgan fingerprint density at radius 1 is 1.50 bits per heavy atom. The molecule has 0 aliphatic carbocycles. The smallest absolute Gasteiger partial charge is 0.148 e. The van der Waals surface area contributed by atoms with Crippen LogP contribution in [0.15, 0.2) is 24.3 Å². The molecule has 0 spiro atoms. The summed E-state index contributed by atoms with van der Waals surface area (Å²) >= 11 is 0. The van der Waals surface area contributed by atoms with Crippen LogP contribution in [0.3, 0.4) is 0 Å². The summed E-state index contributed by atoms with van der Waals surface area (Å²) in [4.78, 5) is 0. The summed E-state index contributed by atoms with van der Waals surface area (Å²) in [7, 11) is 0. The Hall–Kier alpha value is -1.46. The summed E-state index contributed by atoms with van der Waals surface area (Å²) in [5, 5.41) is 9.68. The molecule has 0 bridgehead atoms. The molecule has 0 amide bonds. The lowest BCUT2D eigenvalue weighted by atomic mass is 10.1. The summed E-state index contributed by atoms with van der Waals surface area (Å²) in [6, 6.07) is 7.39. The van der Waals surface area contributed by atoms with Gasteiger partial charge in [-0.05, 0) is 12.5 Å². The van der Waals surface area contributed by atoms with E-state index in [9.17, 15) is 5.11 Å².